The molecule has 0 aliphatic heterocycles. The molecule has 10 aromatic carbocycles. The third-order valence-electron chi connectivity index (χ3n) is 13.9. The number of nitrogens with zero attached hydrogens (tertiary/aromatic N) is 2. The molecule has 3 nitrogen and oxygen atoms in total. The summed E-state index contributed by atoms with van der Waals surface area (Å²) in [6.45, 7) is 0. The smallest absolute Gasteiger partial charge is 0.263 e. The third kappa shape index (κ3) is 4.71. The highest BCUT2D eigenvalue weighted by molar-refractivity contribution is 6.22. The van der Waals surface area contributed by atoms with Crippen LogP contribution in [0.5, 0.6) is 0 Å². The Kier molecular flexibility index (Phi) is 7.04. The number of para-hydroxylation sites is 2. The van der Waals surface area contributed by atoms with Gasteiger partial charge in [0, 0.05) is 49.2 Å². The van der Waals surface area contributed by atoms with Crippen molar-refractivity contribution in [2.75, 3.05) is 0 Å². The first-order valence-corrected chi connectivity index (χ1v) is 21.8. The highest BCUT2D eigenvalue weighted by Crippen LogP contribution is 2.53. The molecule has 1 aliphatic rings. The minimum absolute atomic E-state index is 0.0150. The molecule has 1 aliphatic carbocycles. The van der Waals surface area contributed by atoms with Crippen molar-refractivity contribution in [3.05, 3.63) is 239 Å². The van der Waals surface area contributed by atoms with Crippen molar-refractivity contribution in [1.82, 2.24) is 8.97 Å². The number of hydrogen-bond donors (Lipinski definition) is 0. The maximum Gasteiger partial charge on any atom is 0.263 e. The van der Waals surface area contributed by atoms with Crippen molar-refractivity contribution < 1.29 is 0 Å². The average Bonchev–Trinajstić information content (AvgIpc) is 3.99. The molecule has 14 rings (SSSR count). The van der Waals surface area contributed by atoms with Crippen LogP contribution in [0.4, 0.5) is 0 Å². The van der Waals surface area contributed by atoms with E-state index in [1.807, 2.05) is 16.5 Å². The van der Waals surface area contributed by atoms with E-state index in [2.05, 4.69) is 205 Å². The largest absolute Gasteiger partial charge is 0.308 e. The van der Waals surface area contributed by atoms with Crippen molar-refractivity contribution in [1.29, 1.82) is 0 Å². The van der Waals surface area contributed by atoms with Gasteiger partial charge >= 0.3 is 0 Å². The van der Waals surface area contributed by atoms with Gasteiger partial charge in [-0.3, -0.25) is 9.20 Å². The van der Waals surface area contributed by atoms with Crippen molar-refractivity contribution in [2.45, 2.75) is 5.92 Å². The van der Waals surface area contributed by atoms with E-state index in [1.54, 1.807) is 0 Å². The summed E-state index contributed by atoms with van der Waals surface area (Å²) < 4.78 is 4.47. The normalized spacial score (nSPS) is 13.6. The Morgan fingerprint density at radius 1 is 0.349 bits per heavy atom. The van der Waals surface area contributed by atoms with Crippen LogP contribution in [0.2, 0.25) is 0 Å². The fraction of sp³-hybridized carbons (Fsp3) is 0.0167. The molecule has 63 heavy (non-hydrogen) atoms. The first kappa shape index (κ1) is 34.4. The first-order valence-electron chi connectivity index (χ1n) is 21.8. The molecule has 0 fully saturated rings. The maximum atomic E-state index is 14.5. The molecule has 292 valence electrons. The van der Waals surface area contributed by atoms with E-state index in [0.29, 0.717) is 0 Å². The predicted molar refractivity (Wildman–Crippen MR) is 263 cm³/mol. The van der Waals surface area contributed by atoms with Gasteiger partial charge in [0.25, 0.3) is 5.56 Å². The Morgan fingerprint density at radius 2 is 1.00 bits per heavy atom. The standard InChI is InChI=1S/C60H36N2O/c63-60-49-28-26-38(36-14-3-1-4-15-36)34-51(49)46-23-13-24-47-52-35-39(27-32-55(52)62(60)58(46)47)40-31-33-54(42-19-8-7-18-41(40)42)61-53-25-12-11-20-43(53)48-29-30-50-56(37-16-5-2-6-17-37)44-21-9-10-22-45(44)57(50)59(48)61/h1-35,56H. The first-order chi connectivity index (χ1) is 31.2. The minimum Gasteiger partial charge on any atom is -0.308 e. The van der Waals surface area contributed by atoms with Gasteiger partial charge in [-0.25, -0.2) is 0 Å². The Hall–Kier alpha value is -8.27. The second-order valence-electron chi connectivity index (χ2n) is 17.1. The van der Waals surface area contributed by atoms with Gasteiger partial charge in [-0.1, -0.05) is 176 Å². The van der Waals surface area contributed by atoms with Crippen LogP contribution >= 0.6 is 0 Å². The molecule has 3 aromatic heterocycles. The molecule has 3 heteroatoms. The number of hydrogen-bond acceptors (Lipinski definition) is 1. The van der Waals surface area contributed by atoms with Crippen molar-refractivity contribution in [2.24, 2.45) is 0 Å². The zero-order valence-corrected chi connectivity index (χ0v) is 34.1. The molecule has 3 heterocycles. The monoisotopic (exact) mass is 800 g/mol. The van der Waals surface area contributed by atoms with E-state index in [-0.39, 0.29) is 11.5 Å². The zero-order chi connectivity index (χ0) is 41.3. The van der Waals surface area contributed by atoms with Gasteiger partial charge in [-0.05, 0) is 91.7 Å². The van der Waals surface area contributed by atoms with E-state index < -0.39 is 0 Å². The summed E-state index contributed by atoms with van der Waals surface area (Å²) in [5.74, 6) is 0.158. The van der Waals surface area contributed by atoms with Crippen LogP contribution in [0, 0.1) is 0 Å². The Bertz CT molecular complexity index is 4100. The second kappa shape index (κ2) is 12.9. The van der Waals surface area contributed by atoms with Crippen molar-refractivity contribution in [3.8, 4) is 39.1 Å². The van der Waals surface area contributed by atoms with Gasteiger partial charge in [-0.15, -0.1) is 0 Å². The van der Waals surface area contributed by atoms with Crippen LogP contribution < -0.4 is 5.56 Å². The molecule has 0 spiro atoms. The lowest BCUT2D eigenvalue weighted by atomic mass is 9.89. The fourth-order valence-electron chi connectivity index (χ4n) is 11.3. The molecular formula is C60H36N2O. The zero-order valence-electron chi connectivity index (χ0n) is 34.1. The molecule has 0 amide bonds. The number of benzene rings is 10. The van der Waals surface area contributed by atoms with Crippen LogP contribution in [0.25, 0.3) is 110 Å². The lowest BCUT2D eigenvalue weighted by molar-refractivity contribution is 1.02. The highest BCUT2D eigenvalue weighted by Gasteiger charge is 2.33. The molecule has 0 bridgehead atoms. The van der Waals surface area contributed by atoms with E-state index >= 15 is 0 Å². The van der Waals surface area contributed by atoms with Gasteiger partial charge in [0.05, 0.1) is 27.8 Å². The lowest BCUT2D eigenvalue weighted by Gasteiger charge is -2.17. The summed E-state index contributed by atoms with van der Waals surface area (Å²) in [5, 5.41) is 9.83. The van der Waals surface area contributed by atoms with E-state index in [1.165, 1.54) is 60.4 Å². The number of rotatable bonds is 4. The molecular weight excluding hydrogens is 765 g/mol. The van der Waals surface area contributed by atoms with Gasteiger partial charge in [-0.2, -0.15) is 0 Å². The van der Waals surface area contributed by atoms with Gasteiger partial charge < -0.3 is 4.57 Å². The molecule has 0 N–H and O–H groups in total. The number of pyridine rings is 1. The van der Waals surface area contributed by atoms with Crippen LogP contribution in [-0.4, -0.2) is 8.97 Å². The molecule has 1 unspecified atom stereocenters. The van der Waals surface area contributed by atoms with Crippen molar-refractivity contribution in [3.63, 3.8) is 0 Å². The summed E-state index contributed by atoms with van der Waals surface area (Å²) in [6.07, 6.45) is 0. The molecule has 0 saturated heterocycles. The lowest BCUT2D eigenvalue weighted by Crippen LogP contribution is -2.12. The fourth-order valence-corrected chi connectivity index (χ4v) is 11.3. The molecule has 1 atom stereocenters. The predicted octanol–water partition coefficient (Wildman–Crippen LogP) is 14.9. The van der Waals surface area contributed by atoms with E-state index in [9.17, 15) is 4.79 Å². The quantitative estimate of drug-likeness (QED) is 0.163. The Morgan fingerprint density at radius 3 is 1.86 bits per heavy atom. The van der Waals surface area contributed by atoms with Crippen LogP contribution in [-0.2, 0) is 0 Å². The summed E-state index contributed by atoms with van der Waals surface area (Å²) in [4.78, 5) is 14.5. The average molecular weight is 801 g/mol. The maximum absolute atomic E-state index is 14.5. The van der Waals surface area contributed by atoms with Gasteiger partial charge in [0.2, 0.25) is 0 Å². The highest BCUT2D eigenvalue weighted by atomic mass is 16.1. The number of aromatic nitrogens is 2. The SMILES string of the molecule is O=c1c2ccc(-c3ccccc3)cc2c2cccc3c4cc(-c5ccc(-n6c7ccccc7c7ccc8c(c76)-c6ccccc6C8c6ccccc6)c6ccccc56)ccc4n1c23. The van der Waals surface area contributed by atoms with E-state index in [4.69, 9.17) is 0 Å². The molecule has 13 aromatic rings. The van der Waals surface area contributed by atoms with Crippen molar-refractivity contribution >= 4 is 70.5 Å². The Labute approximate surface area is 362 Å². The van der Waals surface area contributed by atoms with Crippen LogP contribution in [0.15, 0.2) is 217 Å². The molecule has 0 saturated carbocycles. The third-order valence-corrected chi connectivity index (χ3v) is 13.9. The summed E-state index contributed by atoms with van der Waals surface area (Å²) in [6, 6.07) is 76.8. The second-order valence-corrected chi connectivity index (χ2v) is 17.1. The Balaban J connectivity index is 0.995. The van der Waals surface area contributed by atoms with Crippen LogP contribution in [0.1, 0.15) is 22.6 Å². The minimum atomic E-state index is 0.0150. The number of fused-ring (bicyclic) bond motifs is 13. The summed E-state index contributed by atoms with van der Waals surface area (Å²) in [5.41, 5.74) is 16.6. The summed E-state index contributed by atoms with van der Waals surface area (Å²) in [7, 11) is 0. The van der Waals surface area contributed by atoms with Crippen LogP contribution in [0.3, 0.4) is 0 Å². The van der Waals surface area contributed by atoms with Gasteiger partial charge in [0.1, 0.15) is 0 Å². The topological polar surface area (TPSA) is 26.4 Å². The van der Waals surface area contributed by atoms with E-state index in [0.717, 1.165) is 65.9 Å². The summed E-state index contributed by atoms with van der Waals surface area (Å²) >= 11 is 0. The van der Waals surface area contributed by atoms with Gasteiger partial charge in [0.15, 0.2) is 0 Å². The molecule has 0 radical (unpaired) electrons.